The molecule has 756 valence electrons. The number of aryl methyl sites for hydroxylation is 3. The van der Waals surface area contributed by atoms with Crippen LogP contribution in [0.1, 0.15) is 163 Å². The minimum Gasteiger partial charge on any atom is -0.423 e. The third kappa shape index (κ3) is 65.4. The molecule has 6 aromatic carbocycles. The van der Waals surface area contributed by atoms with Crippen LogP contribution in [-0.2, 0) is 115 Å². The van der Waals surface area contributed by atoms with Crippen molar-refractivity contribution in [1.29, 1.82) is 0 Å². The van der Waals surface area contributed by atoms with E-state index in [9.17, 15) is 30.1 Å². The highest BCUT2D eigenvalue weighted by atomic mass is 16.6. The van der Waals surface area contributed by atoms with Crippen molar-refractivity contribution in [2.45, 2.75) is 248 Å². The third-order valence-corrected chi connectivity index (χ3v) is 21.1. The van der Waals surface area contributed by atoms with Gasteiger partial charge in [0, 0.05) is 69.7 Å². The summed E-state index contributed by atoms with van der Waals surface area (Å²) >= 11 is 0. The van der Waals surface area contributed by atoms with Gasteiger partial charge in [-0.05, 0) is 202 Å². The zero-order valence-corrected chi connectivity index (χ0v) is 83.7. The lowest BCUT2D eigenvalue weighted by atomic mass is 9.76. The van der Waals surface area contributed by atoms with Crippen LogP contribution < -0.4 is 49.3 Å². The van der Waals surface area contributed by atoms with E-state index in [1.54, 1.807) is 42.5 Å². The molecule has 134 heavy (non-hydrogen) atoms. The zero-order chi connectivity index (χ0) is 98.5. The smallest absolute Gasteiger partial charge is 0.423 e. The van der Waals surface area contributed by atoms with E-state index < -0.39 is 28.5 Å². The average molecular weight is 1880 g/mol. The van der Waals surface area contributed by atoms with Crippen LogP contribution in [0.5, 0.6) is 0 Å². The van der Waals surface area contributed by atoms with Gasteiger partial charge in [0.2, 0.25) is 0 Å². The highest BCUT2D eigenvalue weighted by Crippen LogP contribution is 2.16. The fraction of sp³-hybridized carbons (Fsp3) is 0.644. The third-order valence-electron chi connectivity index (χ3n) is 21.1. The molecule has 6 rings (SSSR count). The van der Waals surface area contributed by atoms with Crippen molar-refractivity contribution in [3.05, 3.63) is 191 Å². The van der Waals surface area contributed by atoms with Crippen molar-refractivity contribution in [3.63, 3.8) is 0 Å². The highest BCUT2D eigenvalue weighted by Gasteiger charge is 2.21. The Morgan fingerprint density at radius 3 is 0.784 bits per heavy atom. The van der Waals surface area contributed by atoms with E-state index in [1.165, 1.54) is 16.7 Å². The first-order valence-corrected chi connectivity index (χ1v) is 48.4. The lowest BCUT2D eigenvalue weighted by Gasteiger charge is -2.19. The van der Waals surface area contributed by atoms with Gasteiger partial charge >= 0.3 is 28.5 Å². The molecule has 0 aromatic heterocycles. The second kappa shape index (κ2) is 77.2. The van der Waals surface area contributed by atoms with Gasteiger partial charge in [-0.2, -0.15) is 0 Å². The summed E-state index contributed by atoms with van der Waals surface area (Å²) in [5.41, 5.74) is 19.9. The molecule has 0 aliphatic heterocycles. The maximum Gasteiger partial charge on any atom is 0.488 e. The number of ether oxygens (including phenoxy) is 16. The standard InChI is InChI=1S/2C29H47B2NO8.C29H45NO4.C14H32N2O4/c1-22(13-14-26-9-5-7-11-28(26)30(33)34)18-39-24(3)20-37-15-16-38-21-25(4)40-19-23(2)32-17-27-10-6-8-12-29(27)31(35)36;1-22(5-6-26-7-11-28(12-8-26)30(33)34)18-39-24(3)20-37-15-16-38-21-25(4)40-19-23(2)32-17-27-9-13-29(14-10-27)31(35)36;1-24(15-16-28-11-7-5-8-12-28)20-33-26(3)22-31-17-18-32-23-27(4)34-21-25(2)30-19-29-13-9-6-10-14-29;1-11(15)7-19-13(3)9-17-5-6-18-10-14(4)20-8-12(2)16/h5-12,22-25,32-36H,13-21H2,1-4H3;7-14,22-25,32-36H,5-6,15-21H2,1-4H3;5-14,24-27,30H,15-23H2,1-4H3;11-14H,5-10,15-16H2,1-4H3. The van der Waals surface area contributed by atoms with E-state index in [2.05, 4.69) is 112 Å². The molecular formula is C101H171B4N5O24. The van der Waals surface area contributed by atoms with E-state index in [0.29, 0.717) is 205 Å². The Bertz CT molecular complexity index is 3470. The van der Waals surface area contributed by atoms with E-state index in [-0.39, 0.29) is 79.0 Å². The van der Waals surface area contributed by atoms with Crippen molar-refractivity contribution in [2.24, 2.45) is 29.2 Å². The summed E-state index contributed by atoms with van der Waals surface area (Å²) in [5, 5.41) is 84.9. The van der Waals surface area contributed by atoms with E-state index in [0.717, 1.165) is 68.4 Å². The summed E-state index contributed by atoms with van der Waals surface area (Å²) in [5.74, 6) is 1.27. The lowest BCUT2D eigenvalue weighted by molar-refractivity contribution is -0.0490. The van der Waals surface area contributed by atoms with Crippen LogP contribution in [0.25, 0.3) is 0 Å². The molecule has 0 spiro atoms. The lowest BCUT2D eigenvalue weighted by Crippen LogP contribution is -2.37. The second-order valence-electron chi connectivity index (χ2n) is 35.8. The first kappa shape index (κ1) is 123. The minimum absolute atomic E-state index is 0.00299. The molecule has 0 bridgehead atoms. The summed E-state index contributed by atoms with van der Waals surface area (Å²) in [7, 11) is -5.81. The molecule has 6 aromatic rings. The Hall–Kier alpha value is -5.58. The van der Waals surface area contributed by atoms with E-state index >= 15 is 0 Å². The molecule has 0 aliphatic rings. The van der Waals surface area contributed by atoms with Crippen molar-refractivity contribution >= 4 is 50.3 Å². The number of benzene rings is 6. The van der Waals surface area contributed by atoms with Gasteiger partial charge in [0.15, 0.2) is 0 Å². The zero-order valence-electron chi connectivity index (χ0n) is 83.7. The van der Waals surface area contributed by atoms with Gasteiger partial charge in [-0.15, -0.1) is 0 Å². The quantitative estimate of drug-likeness (QED) is 0.0134. The predicted molar refractivity (Wildman–Crippen MR) is 536 cm³/mol. The fourth-order valence-electron chi connectivity index (χ4n) is 12.8. The summed E-state index contributed by atoms with van der Waals surface area (Å²) in [6.45, 7) is 47.8. The van der Waals surface area contributed by atoms with Gasteiger partial charge < -0.3 is 143 Å². The molecular weight excluding hydrogens is 1710 g/mol. The molecule has 29 nitrogen and oxygen atoms in total. The fourth-order valence-corrected chi connectivity index (χ4v) is 12.8. The van der Waals surface area contributed by atoms with Crippen LogP contribution in [0.3, 0.4) is 0 Å². The number of nitrogens with two attached hydrogens (primary N) is 2. The van der Waals surface area contributed by atoms with Crippen molar-refractivity contribution < 1.29 is 116 Å². The molecule has 0 heterocycles. The van der Waals surface area contributed by atoms with Gasteiger partial charge in [0.05, 0.1) is 188 Å². The topological polar surface area (TPSA) is 398 Å². The Kier molecular flexibility index (Phi) is 70.6. The molecule has 16 unspecified atom stereocenters. The van der Waals surface area contributed by atoms with Crippen LogP contribution in [0.2, 0.25) is 0 Å². The normalized spacial score (nSPS) is 15.1. The van der Waals surface area contributed by atoms with Gasteiger partial charge in [0.1, 0.15) is 0 Å². The molecule has 33 heteroatoms. The first-order chi connectivity index (χ1) is 64.2. The molecule has 0 radical (unpaired) electrons. The molecule has 0 saturated heterocycles. The summed E-state index contributed by atoms with van der Waals surface area (Å²) in [4.78, 5) is 0. The first-order valence-electron chi connectivity index (χ1n) is 48.4. The number of hydrogen-bond donors (Lipinski definition) is 13. The Balaban J connectivity index is 0.000000472. The summed E-state index contributed by atoms with van der Waals surface area (Å²) in [6, 6.07) is 50.8. The van der Waals surface area contributed by atoms with Crippen molar-refractivity contribution in [3.8, 4) is 0 Å². The molecule has 0 saturated carbocycles. The van der Waals surface area contributed by atoms with Crippen LogP contribution in [0.15, 0.2) is 158 Å². The predicted octanol–water partition coefficient (Wildman–Crippen LogP) is 7.07. The minimum atomic E-state index is -1.49. The van der Waals surface area contributed by atoms with Gasteiger partial charge in [0.25, 0.3) is 0 Å². The Morgan fingerprint density at radius 2 is 0.478 bits per heavy atom. The maximum atomic E-state index is 9.51. The number of nitrogens with one attached hydrogen (secondary N) is 3. The monoisotopic (exact) mass is 1880 g/mol. The molecule has 16 atom stereocenters. The van der Waals surface area contributed by atoms with Gasteiger partial charge in [-0.1, -0.05) is 178 Å². The molecule has 0 fully saturated rings. The van der Waals surface area contributed by atoms with E-state index in [1.807, 2.05) is 130 Å². The van der Waals surface area contributed by atoms with Crippen LogP contribution in [-0.4, -0.2) is 306 Å². The average Bonchev–Trinajstić information content (AvgIpc) is 0.874. The largest absolute Gasteiger partial charge is 0.488 e. The van der Waals surface area contributed by atoms with Crippen LogP contribution >= 0.6 is 0 Å². The SMILES string of the molecule is CC(CCc1ccc(B(O)O)cc1)COC(C)COCCOCC(C)OCC(C)NCc1ccc(B(O)O)cc1.CC(CCc1ccccc1)COC(C)COCCOCC(C)OCC(C)NCc1ccccc1.CC(CCc1ccccc1B(O)O)COC(C)COCCOCC(C)OCC(C)NCc1ccccc1B(O)O.CC(N)COC(C)COCCOCC(C)OCC(C)N. The molecule has 0 amide bonds. The van der Waals surface area contributed by atoms with Crippen molar-refractivity contribution in [2.75, 3.05) is 159 Å². The maximum absolute atomic E-state index is 9.51. The Labute approximate surface area is 805 Å². The highest BCUT2D eigenvalue weighted by molar-refractivity contribution is 6.60. The van der Waals surface area contributed by atoms with Crippen molar-refractivity contribution in [1.82, 2.24) is 16.0 Å². The van der Waals surface area contributed by atoms with Gasteiger partial charge in [-0.3, -0.25) is 0 Å². The van der Waals surface area contributed by atoms with Crippen LogP contribution in [0.4, 0.5) is 0 Å². The van der Waals surface area contributed by atoms with E-state index in [4.69, 9.17) is 97.3 Å². The number of rotatable bonds is 74. The summed E-state index contributed by atoms with van der Waals surface area (Å²) in [6.07, 6.45) is 5.92. The van der Waals surface area contributed by atoms with Gasteiger partial charge in [-0.25, -0.2) is 0 Å². The van der Waals surface area contributed by atoms with Crippen LogP contribution in [0, 0.1) is 17.8 Å². The second-order valence-corrected chi connectivity index (χ2v) is 35.8. The molecule has 0 aliphatic carbocycles. The number of hydrogen-bond acceptors (Lipinski definition) is 29. The summed E-state index contributed by atoms with van der Waals surface area (Å²) < 4.78 is 91.4. The molecule has 15 N–H and O–H groups in total. The Morgan fingerprint density at radius 1 is 0.239 bits per heavy atom.